The third-order valence-corrected chi connectivity index (χ3v) is 1.94. The van der Waals surface area contributed by atoms with Crippen LogP contribution in [0, 0.1) is 18.3 Å². The van der Waals surface area contributed by atoms with E-state index in [0.29, 0.717) is 5.56 Å². The fourth-order valence-corrected chi connectivity index (χ4v) is 1.21. The summed E-state index contributed by atoms with van der Waals surface area (Å²) < 4.78 is 4.55. The summed E-state index contributed by atoms with van der Waals surface area (Å²) >= 11 is 0. The predicted octanol–water partition coefficient (Wildman–Crippen LogP) is 1.58. The van der Waals surface area contributed by atoms with Gasteiger partial charge in [-0.15, -0.1) is 0 Å². The van der Waals surface area contributed by atoms with Crippen molar-refractivity contribution in [3.63, 3.8) is 0 Å². The number of hydrogen-bond donors (Lipinski definition) is 0. The van der Waals surface area contributed by atoms with E-state index in [0.717, 1.165) is 11.1 Å². The van der Waals surface area contributed by atoms with Gasteiger partial charge in [-0.05, 0) is 18.6 Å². The molecule has 0 aliphatic carbocycles. The lowest BCUT2D eigenvalue weighted by Crippen LogP contribution is -2.06. The van der Waals surface area contributed by atoms with E-state index in [1.165, 1.54) is 7.11 Å². The number of nitrogens with zero attached hydrogens (tertiary/aromatic N) is 1. The number of benzene rings is 1. The van der Waals surface area contributed by atoms with Gasteiger partial charge < -0.3 is 4.74 Å². The van der Waals surface area contributed by atoms with Gasteiger partial charge in [0.25, 0.3) is 0 Å². The van der Waals surface area contributed by atoms with Gasteiger partial charge in [-0.25, -0.2) is 0 Å². The summed E-state index contributed by atoms with van der Waals surface area (Å²) in [5.74, 6) is -0.327. The van der Waals surface area contributed by atoms with Crippen LogP contribution in [0.4, 0.5) is 0 Å². The SMILES string of the molecule is COC(=O)Cc1cc(C)ccc1C#N. The topological polar surface area (TPSA) is 50.1 Å². The van der Waals surface area contributed by atoms with Crippen LogP contribution in [-0.2, 0) is 16.0 Å². The van der Waals surface area contributed by atoms with Crippen LogP contribution in [0.3, 0.4) is 0 Å². The Morgan fingerprint density at radius 3 is 2.86 bits per heavy atom. The smallest absolute Gasteiger partial charge is 0.310 e. The van der Waals surface area contributed by atoms with E-state index >= 15 is 0 Å². The van der Waals surface area contributed by atoms with Gasteiger partial charge in [-0.3, -0.25) is 4.79 Å². The van der Waals surface area contributed by atoms with Crippen molar-refractivity contribution in [2.24, 2.45) is 0 Å². The Kier molecular flexibility index (Phi) is 3.24. The molecule has 0 fully saturated rings. The molecule has 14 heavy (non-hydrogen) atoms. The van der Waals surface area contributed by atoms with E-state index in [1.807, 2.05) is 25.1 Å². The lowest BCUT2D eigenvalue weighted by Gasteiger charge is -2.03. The molecule has 1 rings (SSSR count). The molecule has 0 aliphatic heterocycles. The number of esters is 1. The molecule has 0 amide bonds. The highest BCUT2D eigenvalue weighted by Crippen LogP contribution is 2.11. The first-order valence-electron chi connectivity index (χ1n) is 4.24. The van der Waals surface area contributed by atoms with Crippen molar-refractivity contribution in [3.8, 4) is 6.07 Å². The molecule has 1 aromatic rings. The lowest BCUT2D eigenvalue weighted by molar-refractivity contribution is -0.139. The standard InChI is InChI=1S/C11H11NO2/c1-8-3-4-9(7-12)10(5-8)6-11(13)14-2/h3-5H,6H2,1-2H3. The number of aryl methyl sites for hydroxylation is 1. The van der Waals surface area contributed by atoms with Crippen LogP contribution in [0.2, 0.25) is 0 Å². The second-order valence-corrected chi connectivity index (χ2v) is 3.03. The fourth-order valence-electron chi connectivity index (χ4n) is 1.21. The zero-order valence-corrected chi connectivity index (χ0v) is 8.20. The molecule has 0 atom stereocenters. The average Bonchev–Trinajstić information content (AvgIpc) is 2.18. The second-order valence-electron chi connectivity index (χ2n) is 3.03. The normalized spacial score (nSPS) is 9.21. The van der Waals surface area contributed by atoms with Gasteiger partial charge in [-0.2, -0.15) is 5.26 Å². The molecule has 0 spiro atoms. The Balaban J connectivity index is 3.00. The zero-order chi connectivity index (χ0) is 10.6. The molecule has 0 aliphatic rings. The maximum Gasteiger partial charge on any atom is 0.310 e. The number of nitriles is 1. The molecular formula is C11H11NO2. The number of methoxy groups -OCH3 is 1. The highest BCUT2D eigenvalue weighted by atomic mass is 16.5. The lowest BCUT2D eigenvalue weighted by atomic mass is 10.0. The summed E-state index contributed by atoms with van der Waals surface area (Å²) in [5, 5.41) is 8.79. The van der Waals surface area contributed by atoms with Gasteiger partial charge >= 0.3 is 5.97 Å². The second kappa shape index (κ2) is 4.43. The average molecular weight is 189 g/mol. The van der Waals surface area contributed by atoms with Gasteiger partial charge in [0.1, 0.15) is 0 Å². The van der Waals surface area contributed by atoms with Gasteiger partial charge in [0.15, 0.2) is 0 Å². The summed E-state index contributed by atoms with van der Waals surface area (Å²) in [6.45, 7) is 1.92. The number of hydrogen-bond acceptors (Lipinski definition) is 3. The highest BCUT2D eigenvalue weighted by molar-refractivity contribution is 5.73. The van der Waals surface area contributed by atoms with Gasteiger partial charge in [0.2, 0.25) is 0 Å². The molecule has 3 heteroatoms. The highest BCUT2D eigenvalue weighted by Gasteiger charge is 2.07. The zero-order valence-electron chi connectivity index (χ0n) is 8.20. The summed E-state index contributed by atoms with van der Waals surface area (Å²) in [6.07, 6.45) is 0.154. The Morgan fingerprint density at radius 1 is 1.57 bits per heavy atom. The van der Waals surface area contributed by atoms with E-state index in [-0.39, 0.29) is 12.4 Å². The molecule has 0 unspecified atom stereocenters. The van der Waals surface area contributed by atoms with Crippen molar-refractivity contribution in [1.82, 2.24) is 0 Å². The van der Waals surface area contributed by atoms with Gasteiger partial charge in [-0.1, -0.05) is 17.7 Å². The Morgan fingerprint density at radius 2 is 2.29 bits per heavy atom. The monoisotopic (exact) mass is 189 g/mol. The maximum absolute atomic E-state index is 11.0. The molecule has 0 bridgehead atoms. The Bertz CT molecular complexity index is 391. The van der Waals surface area contributed by atoms with E-state index in [9.17, 15) is 4.79 Å². The number of rotatable bonds is 2. The minimum atomic E-state index is -0.327. The molecule has 0 saturated carbocycles. The maximum atomic E-state index is 11.0. The third kappa shape index (κ3) is 2.33. The van der Waals surface area contributed by atoms with Crippen LogP contribution in [0.25, 0.3) is 0 Å². The molecule has 0 heterocycles. The summed E-state index contributed by atoms with van der Waals surface area (Å²) in [7, 11) is 1.34. The van der Waals surface area contributed by atoms with E-state index in [4.69, 9.17) is 5.26 Å². The van der Waals surface area contributed by atoms with Crippen LogP contribution < -0.4 is 0 Å². The molecule has 72 valence electrons. The molecule has 0 saturated heterocycles. The summed E-state index contributed by atoms with van der Waals surface area (Å²) in [4.78, 5) is 11.0. The largest absolute Gasteiger partial charge is 0.469 e. The Hall–Kier alpha value is -1.82. The number of carbonyl (C=O) groups is 1. The number of carbonyl (C=O) groups excluding carboxylic acids is 1. The minimum absolute atomic E-state index is 0.154. The molecule has 1 aromatic carbocycles. The molecule has 0 N–H and O–H groups in total. The van der Waals surface area contributed by atoms with Crippen molar-refractivity contribution >= 4 is 5.97 Å². The number of ether oxygens (including phenoxy) is 1. The van der Waals surface area contributed by atoms with Crippen LogP contribution in [0.15, 0.2) is 18.2 Å². The van der Waals surface area contributed by atoms with Crippen molar-refractivity contribution in [2.45, 2.75) is 13.3 Å². The van der Waals surface area contributed by atoms with Crippen LogP contribution in [0.5, 0.6) is 0 Å². The van der Waals surface area contributed by atoms with Crippen molar-refractivity contribution < 1.29 is 9.53 Å². The molecule has 3 nitrogen and oxygen atoms in total. The van der Waals surface area contributed by atoms with E-state index < -0.39 is 0 Å². The van der Waals surface area contributed by atoms with E-state index in [2.05, 4.69) is 4.74 Å². The molecule has 0 aromatic heterocycles. The first kappa shape index (κ1) is 10.3. The van der Waals surface area contributed by atoms with Crippen LogP contribution in [0.1, 0.15) is 16.7 Å². The van der Waals surface area contributed by atoms with Gasteiger partial charge in [0, 0.05) is 0 Å². The Labute approximate surface area is 82.9 Å². The van der Waals surface area contributed by atoms with Crippen molar-refractivity contribution in [2.75, 3.05) is 7.11 Å². The quantitative estimate of drug-likeness (QED) is 0.664. The van der Waals surface area contributed by atoms with Crippen LogP contribution in [-0.4, -0.2) is 13.1 Å². The first-order chi connectivity index (χ1) is 6.67. The predicted molar refractivity (Wildman–Crippen MR) is 51.6 cm³/mol. The van der Waals surface area contributed by atoms with Crippen molar-refractivity contribution in [3.05, 3.63) is 34.9 Å². The fraction of sp³-hybridized carbons (Fsp3) is 0.273. The minimum Gasteiger partial charge on any atom is -0.469 e. The molecular weight excluding hydrogens is 178 g/mol. The first-order valence-corrected chi connectivity index (χ1v) is 4.24. The van der Waals surface area contributed by atoms with Crippen molar-refractivity contribution in [1.29, 1.82) is 5.26 Å². The summed E-state index contributed by atoms with van der Waals surface area (Å²) in [5.41, 5.74) is 2.28. The third-order valence-electron chi connectivity index (χ3n) is 1.94. The summed E-state index contributed by atoms with van der Waals surface area (Å²) in [6, 6.07) is 7.44. The van der Waals surface area contributed by atoms with Gasteiger partial charge in [0.05, 0.1) is 25.2 Å². The molecule has 0 radical (unpaired) electrons. The van der Waals surface area contributed by atoms with E-state index in [1.54, 1.807) is 6.07 Å². The van der Waals surface area contributed by atoms with Crippen LogP contribution >= 0.6 is 0 Å².